The highest BCUT2D eigenvalue weighted by molar-refractivity contribution is 7.89. The minimum Gasteiger partial charge on any atom is -0.266 e. The molecule has 1 radical (unpaired) electrons. The molecule has 0 spiro atoms. The molecule has 1 rings (SSSR count). The molecule has 1 amide bonds. The number of hydrogen-bond donors (Lipinski definition) is 0. The number of hydrogen-bond acceptors (Lipinski definition) is 3. The van der Waals surface area contributed by atoms with Gasteiger partial charge in [0.1, 0.15) is 0 Å². The second-order valence-corrected chi connectivity index (χ2v) is 5.13. The summed E-state index contributed by atoms with van der Waals surface area (Å²) in [6, 6.07) is 5.87. The molecule has 0 aliphatic rings. The van der Waals surface area contributed by atoms with Crippen molar-refractivity contribution >= 4 is 27.5 Å². The third-order valence-electron chi connectivity index (χ3n) is 1.68. The molecule has 0 aromatic heterocycles. The molecule has 0 atom stereocenters. The zero-order chi connectivity index (χ0) is 11.5. The number of halogens is 1. The monoisotopic (exact) mass is 246 g/mol. The SMILES string of the molecule is CCS(=O)(=O)[N]C(=O)c1ccc(Cl)cc1. The average Bonchev–Trinajstić information content (AvgIpc) is 2.18. The van der Waals surface area contributed by atoms with Gasteiger partial charge in [-0.2, -0.15) is 0 Å². The lowest BCUT2D eigenvalue weighted by Crippen LogP contribution is -2.24. The highest BCUT2D eigenvalue weighted by Gasteiger charge is 2.16. The predicted octanol–water partition coefficient (Wildman–Crippen LogP) is 1.43. The van der Waals surface area contributed by atoms with Crippen LogP contribution in [-0.2, 0) is 10.0 Å². The first-order valence-corrected chi connectivity index (χ1v) is 6.19. The Kier molecular flexibility index (Phi) is 3.71. The Morgan fingerprint density at radius 1 is 1.33 bits per heavy atom. The Labute approximate surface area is 93.3 Å². The van der Waals surface area contributed by atoms with Crippen LogP contribution in [0.2, 0.25) is 5.02 Å². The topological polar surface area (TPSA) is 65.3 Å². The molecule has 15 heavy (non-hydrogen) atoms. The van der Waals surface area contributed by atoms with Crippen LogP contribution in [-0.4, -0.2) is 20.1 Å². The van der Waals surface area contributed by atoms with Crippen molar-refractivity contribution in [1.29, 1.82) is 0 Å². The molecule has 6 heteroatoms. The van der Waals surface area contributed by atoms with Crippen LogP contribution >= 0.6 is 11.6 Å². The van der Waals surface area contributed by atoms with E-state index in [4.69, 9.17) is 11.6 Å². The van der Waals surface area contributed by atoms with Crippen molar-refractivity contribution in [3.63, 3.8) is 0 Å². The fourth-order valence-electron chi connectivity index (χ4n) is 0.836. The zero-order valence-corrected chi connectivity index (χ0v) is 9.55. The fourth-order valence-corrected chi connectivity index (χ4v) is 1.45. The standard InChI is InChI=1S/C9H9ClNO3S/c1-2-15(13,14)11-9(12)7-3-5-8(10)6-4-7/h3-6H,2H2,1H3. The van der Waals surface area contributed by atoms with Gasteiger partial charge in [-0.25, -0.2) is 8.42 Å². The smallest absolute Gasteiger partial charge is 0.266 e. The number of amides is 1. The molecule has 81 valence electrons. The first-order valence-electron chi connectivity index (χ1n) is 4.20. The lowest BCUT2D eigenvalue weighted by Gasteiger charge is -2.00. The van der Waals surface area contributed by atoms with E-state index in [1.165, 1.54) is 31.2 Å². The lowest BCUT2D eigenvalue weighted by molar-refractivity contribution is 0.0978. The molecule has 0 aliphatic carbocycles. The van der Waals surface area contributed by atoms with Crippen molar-refractivity contribution in [3.05, 3.63) is 34.9 Å². The summed E-state index contributed by atoms with van der Waals surface area (Å²) in [6.45, 7) is 1.42. The maximum atomic E-state index is 11.3. The van der Waals surface area contributed by atoms with Crippen molar-refractivity contribution in [1.82, 2.24) is 4.72 Å². The molecule has 4 nitrogen and oxygen atoms in total. The summed E-state index contributed by atoms with van der Waals surface area (Å²) in [7, 11) is -3.63. The van der Waals surface area contributed by atoms with Crippen LogP contribution in [0, 0.1) is 0 Å². The van der Waals surface area contributed by atoms with Crippen LogP contribution in [0.4, 0.5) is 0 Å². The van der Waals surface area contributed by atoms with Crippen LogP contribution in [0.1, 0.15) is 17.3 Å². The summed E-state index contributed by atoms with van der Waals surface area (Å²) < 4.78 is 25.2. The van der Waals surface area contributed by atoms with Crippen LogP contribution in [0.3, 0.4) is 0 Å². The third-order valence-corrected chi connectivity index (χ3v) is 3.10. The number of carbonyl (C=O) groups is 1. The molecule has 0 heterocycles. The summed E-state index contributed by atoms with van der Waals surface area (Å²) >= 11 is 5.62. The minimum absolute atomic E-state index is 0.188. The van der Waals surface area contributed by atoms with Gasteiger partial charge in [-0.15, -0.1) is 4.72 Å². The van der Waals surface area contributed by atoms with Gasteiger partial charge in [0.2, 0.25) is 0 Å². The third kappa shape index (κ3) is 3.53. The Bertz CT molecular complexity index is 453. The van der Waals surface area contributed by atoms with Gasteiger partial charge in [-0.05, 0) is 31.2 Å². The van der Waals surface area contributed by atoms with Crippen molar-refractivity contribution in [2.24, 2.45) is 0 Å². The molecule has 0 saturated carbocycles. The van der Waals surface area contributed by atoms with Gasteiger partial charge >= 0.3 is 0 Å². The Morgan fingerprint density at radius 3 is 2.33 bits per heavy atom. The molecule has 1 aromatic carbocycles. The summed E-state index contributed by atoms with van der Waals surface area (Å²) in [5.74, 6) is -0.958. The number of sulfonamides is 1. The molecule has 0 N–H and O–H groups in total. The zero-order valence-electron chi connectivity index (χ0n) is 7.97. The molecule has 0 fully saturated rings. The lowest BCUT2D eigenvalue weighted by atomic mass is 10.2. The van der Waals surface area contributed by atoms with Gasteiger partial charge in [0.15, 0.2) is 0 Å². The molecular formula is C9H9ClNO3S. The van der Waals surface area contributed by atoms with Gasteiger partial charge in [-0.1, -0.05) is 11.6 Å². The van der Waals surface area contributed by atoms with Crippen LogP contribution < -0.4 is 4.72 Å². The van der Waals surface area contributed by atoms with E-state index >= 15 is 0 Å². The molecule has 0 aliphatic heterocycles. The van der Waals surface area contributed by atoms with Crippen molar-refractivity contribution in [2.45, 2.75) is 6.92 Å². The first-order chi connectivity index (χ1) is 6.94. The summed E-state index contributed by atoms with van der Waals surface area (Å²) in [5, 5.41) is 0.477. The van der Waals surface area contributed by atoms with Gasteiger partial charge < -0.3 is 0 Å². The highest BCUT2D eigenvalue weighted by atomic mass is 35.5. The first kappa shape index (κ1) is 12.0. The van der Waals surface area contributed by atoms with Crippen LogP contribution in [0.5, 0.6) is 0 Å². The number of nitrogens with zero attached hydrogens (tertiary/aromatic N) is 1. The van der Waals surface area contributed by atoms with Gasteiger partial charge in [0, 0.05) is 10.6 Å². The normalized spacial score (nSPS) is 11.1. The summed E-state index contributed by atoms with van der Waals surface area (Å²) in [5.41, 5.74) is 0.205. The van der Waals surface area contributed by atoms with Crippen molar-refractivity contribution < 1.29 is 13.2 Å². The molecular weight excluding hydrogens is 238 g/mol. The van der Waals surface area contributed by atoms with E-state index in [0.717, 1.165) is 0 Å². The average molecular weight is 247 g/mol. The van der Waals surface area contributed by atoms with Crippen LogP contribution in [0.15, 0.2) is 24.3 Å². The Hall–Kier alpha value is -1.07. The highest BCUT2D eigenvalue weighted by Crippen LogP contribution is 2.09. The Balaban J connectivity index is 2.83. The number of carbonyl (C=O) groups excluding carboxylic acids is 1. The van der Waals surface area contributed by atoms with Crippen molar-refractivity contribution in [2.75, 3.05) is 5.75 Å². The number of rotatable bonds is 3. The van der Waals surface area contributed by atoms with E-state index in [9.17, 15) is 13.2 Å². The maximum absolute atomic E-state index is 11.3. The largest absolute Gasteiger partial charge is 0.287 e. The summed E-state index contributed by atoms with van der Waals surface area (Å²) in [4.78, 5) is 11.3. The minimum atomic E-state index is -3.63. The van der Waals surface area contributed by atoms with E-state index in [-0.39, 0.29) is 11.3 Å². The maximum Gasteiger partial charge on any atom is 0.287 e. The molecule has 0 bridgehead atoms. The van der Waals surface area contributed by atoms with E-state index in [1.807, 2.05) is 0 Å². The second-order valence-electron chi connectivity index (χ2n) is 2.77. The van der Waals surface area contributed by atoms with Gasteiger partial charge in [-0.3, -0.25) is 4.79 Å². The number of benzene rings is 1. The van der Waals surface area contributed by atoms with E-state index < -0.39 is 15.9 Å². The predicted molar refractivity (Wildman–Crippen MR) is 57.4 cm³/mol. The van der Waals surface area contributed by atoms with Gasteiger partial charge in [0.05, 0.1) is 5.75 Å². The quantitative estimate of drug-likeness (QED) is 0.811. The van der Waals surface area contributed by atoms with Crippen LogP contribution in [0.25, 0.3) is 0 Å². The van der Waals surface area contributed by atoms with E-state index in [1.54, 1.807) is 0 Å². The molecule has 0 saturated heterocycles. The van der Waals surface area contributed by atoms with Gasteiger partial charge in [0.25, 0.3) is 15.9 Å². The summed E-state index contributed by atoms with van der Waals surface area (Å²) in [6.07, 6.45) is 0. The second kappa shape index (κ2) is 4.63. The van der Waals surface area contributed by atoms with E-state index in [0.29, 0.717) is 5.02 Å². The Morgan fingerprint density at radius 2 is 1.87 bits per heavy atom. The fraction of sp³-hybridized carbons (Fsp3) is 0.222. The van der Waals surface area contributed by atoms with E-state index in [2.05, 4.69) is 4.72 Å². The molecule has 0 unspecified atom stereocenters. The van der Waals surface area contributed by atoms with Crippen molar-refractivity contribution in [3.8, 4) is 0 Å². The molecule has 1 aromatic rings.